The van der Waals surface area contributed by atoms with E-state index >= 15 is 0 Å². The number of anilines is 2. The van der Waals surface area contributed by atoms with Crippen molar-refractivity contribution in [2.24, 2.45) is 0 Å². The first kappa shape index (κ1) is 18.4. The third-order valence-corrected chi connectivity index (χ3v) is 4.07. The highest BCUT2D eigenvalue weighted by Gasteiger charge is 2.07. The monoisotopic (exact) mass is 331 g/mol. The van der Waals surface area contributed by atoms with Gasteiger partial charge in [-0.05, 0) is 12.5 Å². The zero-order valence-corrected chi connectivity index (χ0v) is 14.7. The molecule has 0 spiro atoms. The Bertz CT molecular complexity index is 411. The Labute approximate surface area is 138 Å². The van der Waals surface area contributed by atoms with E-state index in [2.05, 4.69) is 22.5 Å². The van der Waals surface area contributed by atoms with E-state index in [1.807, 2.05) is 0 Å². The van der Waals surface area contributed by atoms with Crippen LogP contribution in [0.3, 0.4) is 0 Å². The lowest BCUT2D eigenvalue weighted by Gasteiger charge is -2.10. The second-order valence-corrected chi connectivity index (χ2v) is 6.12. The van der Waals surface area contributed by atoms with Crippen LogP contribution in [0.1, 0.15) is 58.3 Å². The lowest BCUT2D eigenvalue weighted by atomic mass is 10.1. The highest BCUT2D eigenvalue weighted by Crippen LogP contribution is 2.28. The van der Waals surface area contributed by atoms with Crippen LogP contribution >= 0.6 is 23.2 Å². The van der Waals surface area contributed by atoms with Gasteiger partial charge in [0, 0.05) is 13.6 Å². The van der Waals surface area contributed by atoms with Crippen molar-refractivity contribution < 1.29 is 0 Å². The van der Waals surface area contributed by atoms with Crippen LogP contribution in [0.25, 0.3) is 0 Å². The van der Waals surface area contributed by atoms with E-state index in [1.165, 1.54) is 44.9 Å². The maximum absolute atomic E-state index is 6.13. The predicted molar refractivity (Wildman–Crippen MR) is 94.9 cm³/mol. The number of unbranched alkanes of at least 4 members (excludes halogenated alkanes) is 7. The van der Waals surface area contributed by atoms with Gasteiger partial charge in [0.25, 0.3) is 0 Å². The minimum absolute atomic E-state index is 0.542. The summed E-state index contributed by atoms with van der Waals surface area (Å²) in [5.74, 6) is 1.35. The summed E-state index contributed by atoms with van der Waals surface area (Å²) in [6, 6.07) is 1.72. The van der Waals surface area contributed by atoms with Gasteiger partial charge in [0.1, 0.15) is 11.6 Å². The molecule has 0 saturated heterocycles. The topological polar surface area (TPSA) is 37.0 Å². The summed E-state index contributed by atoms with van der Waals surface area (Å²) in [4.78, 5) is 4.37. The smallest absolute Gasteiger partial charge is 0.147 e. The molecule has 0 fully saturated rings. The van der Waals surface area contributed by atoms with Crippen molar-refractivity contribution in [3.05, 3.63) is 16.1 Å². The Balaban J connectivity index is 2.18. The molecule has 5 heteroatoms. The van der Waals surface area contributed by atoms with Crippen LogP contribution in [0.2, 0.25) is 10.0 Å². The molecule has 21 heavy (non-hydrogen) atoms. The molecule has 0 aliphatic carbocycles. The van der Waals surface area contributed by atoms with Gasteiger partial charge in [-0.3, -0.25) is 0 Å². The first-order valence-corrected chi connectivity index (χ1v) is 8.72. The molecule has 0 aromatic carbocycles. The van der Waals surface area contributed by atoms with Gasteiger partial charge in [0.2, 0.25) is 0 Å². The lowest BCUT2D eigenvalue weighted by Crippen LogP contribution is -2.05. The Morgan fingerprint density at radius 3 is 2.10 bits per heavy atom. The van der Waals surface area contributed by atoms with Gasteiger partial charge in [0.05, 0.1) is 10.0 Å². The second kappa shape index (κ2) is 11.0. The number of hydrogen-bond donors (Lipinski definition) is 2. The summed E-state index contributed by atoms with van der Waals surface area (Å²) in [5, 5.41) is 7.35. The van der Waals surface area contributed by atoms with Crippen LogP contribution in [0, 0.1) is 0 Å². The number of nitrogens with one attached hydrogen (secondary N) is 2. The van der Waals surface area contributed by atoms with Crippen LogP contribution in [-0.4, -0.2) is 18.6 Å². The van der Waals surface area contributed by atoms with Crippen LogP contribution in [0.5, 0.6) is 0 Å². The van der Waals surface area contributed by atoms with Gasteiger partial charge in [-0.1, -0.05) is 75.1 Å². The van der Waals surface area contributed by atoms with E-state index in [0.29, 0.717) is 21.7 Å². The molecule has 1 aromatic heterocycles. The molecule has 1 aromatic rings. The normalized spacial score (nSPS) is 10.7. The number of rotatable bonds is 11. The summed E-state index contributed by atoms with van der Waals surface area (Å²) in [5.41, 5.74) is 0. The van der Waals surface area contributed by atoms with Crippen molar-refractivity contribution in [1.29, 1.82) is 0 Å². The Morgan fingerprint density at radius 1 is 0.905 bits per heavy atom. The fourth-order valence-corrected chi connectivity index (χ4v) is 2.75. The van der Waals surface area contributed by atoms with E-state index in [-0.39, 0.29) is 0 Å². The van der Waals surface area contributed by atoms with Crippen LogP contribution in [0.15, 0.2) is 6.07 Å². The quantitative estimate of drug-likeness (QED) is 0.489. The predicted octanol–water partition coefficient (Wildman–Crippen LogP) is 5.98. The molecule has 0 unspecified atom stereocenters. The van der Waals surface area contributed by atoms with Gasteiger partial charge in [-0.25, -0.2) is 4.98 Å². The fourth-order valence-electron chi connectivity index (χ4n) is 2.23. The largest absolute Gasteiger partial charge is 0.372 e. The van der Waals surface area contributed by atoms with Gasteiger partial charge >= 0.3 is 0 Å². The minimum atomic E-state index is 0.542. The van der Waals surface area contributed by atoms with E-state index < -0.39 is 0 Å². The summed E-state index contributed by atoms with van der Waals surface area (Å²) in [6.45, 7) is 3.15. The molecular weight excluding hydrogens is 305 g/mol. The van der Waals surface area contributed by atoms with Crippen LogP contribution in [0.4, 0.5) is 11.6 Å². The molecular formula is C16H27Cl2N3. The molecule has 0 bridgehead atoms. The summed E-state index contributed by atoms with van der Waals surface area (Å²) < 4.78 is 0. The SMILES string of the molecule is CCCCCCCCCCNc1nc(NC)c(Cl)cc1Cl. The van der Waals surface area contributed by atoms with Crippen molar-refractivity contribution in [1.82, 2.24) is 4.98 Å². The van der Waals surface area contributed by atoms with Crippen LogP contribution in [-0.2, 0) is 0 Å². The van der Waals surface area contributed by atoms with Crippen molar-refractivity contribution >= 4 is 34.8 Å². The molecule has 0 aliphatic heterocycles. The van der Waals surface area contributed by atoms with Gasteiger partial charge in [-0.15, -0.1) is 0 Å². The molecule has 0 amide bonds. The molecule has 0 aliphatic rings. The van der Waals surface area contributed by atoms with E-state index in [1.54, 1.807) is 13.1 Å². The molecule has 1 heterocycles. The fraction of sp³-hybridized carbons (Fsp3) is 0.688. The summed E-state index contributed by atoms with van der Waals surface area (Å²) >= 11 is 12.2. The average molecular weight is 332 g/mol. The highest BCUT2D eigenvalue weighted by atomic mass is 35.5. The number of pyridine rings is 1. The Morgan fingerprint density at radius 2 is 1.48 bits per heavy atom. The first-order chi connectivity index (χ1) is 10.2. The standard InChI is InChI=1S/C16H27Cl2N3/c1-3-4-5-6-7-8-9-10-11-20-16-14(18)12-13(17)15(19-2)21-16/h12H,3-11H2,1-2H3,(H2,19,20,21). The number of hydrogen-bond acceptors (Lipinski definition) is 3. The molecule has 2 N–H and O–H groups in total. The number of nitrogens with zero attached hydrogens (tertiary/aromatic N) is 1. The second-order valence-electron chi connectivity index (χ2n) is 5.30. The Hall–Kier alpha value is -0.670. The third-order valence-electron chi connectivity index (χ3n) is 3.49. The summed E-state index contributed by atoms with van der Waals surface area (Å²) in [7, 11) is 1.80. The molecule has 0 radical (unpaired) electrons. The molecule has 120 valence electrons. The molecule has 1 rings (SSSR count). The zero-order chi connectivity index (χ0) is 15.5. The van der Waals surface area contributed by atoms with Gasteiger partial charge in [0.15, 0.2) is 0 Å². The maximum Gasteiger partial charge on any atom is 0.147 e. The van der Waals surface area contributed by atoms with E-state index in [0.717, 1.165) is 13.0 Å². The average Bonchev–Trinajstić information content (AvgIpc) is 2.47. The first-order valence-electron chi connectivity index (χ1n) is 7.96. The van der Waals surface area contributed by atoms with Crippen molar-refractivity contribution in [3.8, 4) is 0 Å². The maximum atomic E-state index is 6.13. The summed E-state index contributed by atoms with van der Waals surface area (Å²) in [6.07, 6.45) is 10.5. The Kier molecular flexibility index (Phi) is 9.60. The van der Waals surface area contributed by atoms with E-state index in [4.69, 9.17) is 23.2 Å². The van der Waals surface area contributed by atoms with E-state index in [9.17, 15) is 0 Å². The van der Waals surface area contributed by atoms with Gasteiger partial charge < -0.3 is 10.6 Å². The van der Waals surface area contributed by atoms with Crippen molar-refractivity contribution in [3.63, 3.8) is 0 Å². The van der Waals surface area contributed by atoms with Gasteiger partial charge in [-0.2, -0.15) is 0 Å². The number of halogens is 2. The lowest BCUT2D eigenvalue weighted by molar-refractivity contribution is 0.581. The molecule has 0 saturated carbocycles. The zero-order valence-electron chi connectivity index (χ0n) is 13.1. The highest BCUT2D eigenvalue weighted by molar-refractivity contribution is 6.37. The van der Waals surface area contributed by atoms with Crippen molar-refractivity contribution in [2.45, 2.75) is 58.3 Å². The minimum Gasteiger partial charge on any atom is -0.372 e. The number of aromatic nitrogens is 1. The molecule has 3 nitrogen and oxygen atoms in total. The van der Waals surface area contributed by atoms with Crippen molar-refractivity contribution in [2.75, 3.05) is 24.2 Å². The third kappa shape index (κ3) is 7.23. The molecule has 0 atom stereocenters. The van der Waals surface area contributed by atoms with Crippen LogP contribution < -0.4 is 10.6 Å².